The van der Waals surface area contributed by atoms with Crippen LogP contribution < -0.4 is 4.90 Å². The first kappa shape index (κ1) is 22.7. The molecule has 1 fully saturated rings. The molecular formula is C29H30F2N2O. The molecule has 0 bridgehead atoms. The topological polar surface area (TPSA) is 23.6 Å². The van der Waals surface area contributed by atoms with Crippen LogP contribution >= 0.6 is 0 Å². The average molecular weight is 461 g/mol. The molecule has 2 aliphatic heterocycles. The van der Waals surface area contributed by atoms with Crippen molar-refractivity contribution in [3.05, 3.63) is 101 Å². The SMILES string of the molecule is O=C1Cc2ccccc2N1C1CCN(CCCC(c2ccc(F)cc2)c2ccc(F)cc2)CC1. The van der Waals surface area contributed by atoms with Crippen molar-refractivity contribution in [2.24, 2.45) is 0 Å². The molecule has 2 heterocycles. The van der Waals surface area contributed by atoms with Gasteiger partial charge in [0.1, 0.15) is 11.6 Å². The Morgan fingerprint density at radius 2 is 1.41 bits per heavy atom. The number of piperidine rings is 1. The van der Waals surface area contributed by atoms with Gasteiger partial charge in [0.15, 0.2) is 0 Å². The van der Waals surface area contributed by atoms with E-state index in [1.807, 2.05) is 41.3 Å². The lowest BCUT2D eigenvalue weighted by atomic mass is 9.87. The van der Waals surface area contributed by atoms with Gasteiger partial charge in [-0.3, -0.25) is 4.79 Å². The molecule has 0 radical (unpaired) electrons. The number of benzene rings is 3. The second-order valence-corrected chi connectivity index (χ2v) is 9.44. The highest BCUT2D eigenvalue weighted by Gasteiger charge is 2.34. The fourth-order valence-corrected chi connectivity index (χ4v) is 5.51. The van der Waals surface area contributed by atoms with Gasteiger partial charge in [0.05, 0.1) is 6.42 Å². The largest absolute Gasteiger partial charge is 0.309 e. The lowest BCUT2D eigenvalue weighted by Crippen LogP contribution is -2.46. The number of hydrogen-bond donors (Lipinski definition) is 0. The van der Waals surface area contributed by atoms with E-state index in [0.717, 1.165) is 67.7 Å². The summed E-state index contributed by atoms with van der Waals surface area (Å²) in [5.41, 5.74) is 4.34. The zero-order valence-corrected chi connectivity index (χ0v) is 19.3. The van der Waals surface area contributed by atoms with Gasteiger partial charge in [-0.15, -0.1) is 0 Å². The third kappa shape index (κ3) is 4.90. The number of amides is 1. The van der Waals surface area contributed by atoms with Gasteiger partial charge in [0, 0.05) is 30.7 Å². The molecule has 5 rings (SSSR count). The predicted molar refractivity (Wildman–Crippen MR) is 131 cm³/mol. The van der Waals surface area contributed by atoms with Crippen LogP contribution in [0.5, 0.6) is 0 Å². The van der Waals surface area contributed by atoms with Crippen molar-refractivity contribution in [2.45, 2.75) is 44.1 Å². The van der Waals surface area contributed by atoms with Gasteiger partial charge in [0.2, 0.25) is 5.91 Å². The van der Waals surface area contributed by atoms with E-state index in [9.17, 15) is 13.6 Å². The van der Waals surface area contributed by atoms with E-state index in [2.05, 4.69) is 17.0 Å². The van der Waals surface area contributed by atoms with E-state index < -0.39 is 0 Å². The monoisotopic (exact) mass is 460 g/mol. The molecule has 0 N–H and O–H groups in total. The number of carbonyl (C=O) groups excluding carboxylic acids is 1. The molecule has 0 unspecified atom stereocenters. The van der Waals surface area contributed by atoms with Crippen molar-refractivity contribution >= 4 is 11.6 Å². The van der Waals surface area contributed by atoms with Crippen LogP contribution in [0.25, 0.3) is 0 Å². The molecule has 3 nitrogen and oxygen atoms in total. The number of hydrogen-bond acceptors (Lipinski definition) is 2. The summed E-state index contributed by atoms with van der Waals surface area (Å²) in [6, 6.07) is 21.7. The highest BCUT2D eigenvalue weighted by molar-refractivity contribution is 6.01. The molecule has 1 amide bonds. The van der Waals surface area contributed by atoms with E-state index in [4.69, 9.17) is 0 Å². The van der Waals surface area contributed by atoms with Gasteiger partial charge >= 0.3 is 0 Å². The third-order valence-electron chi connectivity index (χ3n) is 7.30. The maximum atomic E-state index is 13.5. The van der Waals surface area contributed by atoms with E-state index in [0.29, 0.717) is 6.42 Å². The van der Waals surface area contributed by atoms with Crippen LogP contribution in [0.2, 0.25) is 0 Å². The van der Waals surface area contributed by atoms with Crippen molar-refractivity contribution in [1.29, 1.82) is 0 Å². The summed E-state index contributed by atoms with van der Waals surface area (Å²) in [7, 11) is 0. The maximum Gasteiger partial charge on any atom is 0.231 e. The Kier molecular flexibility index (Phi) is 6.73. The Bertz CT molecular complexity index is 1080. The zero-order valence-electron chi connectivity index (χ0n) is 19.3. The Morgan fingerprint density at radius 3 is 2.03 bits per heavy atom. The average Bonchev–Trinajstić information content (AvgIpc) is 3.19. The lowest BCUT2D eigenvalue weighted by molar-refractivity contribution is -0.118. The van der Waals surface area contributed by atoms with Crippen LogP contribution in [0.3, 0.4) is 0 Å². The number of rotatable bonds is 7. The number of halogens is 2. The second kappa shape index (κ2) is 10.1. The smallest absolute Gasteiger partial charge is 0.231 e. The first-order valence-corrected chi connectivity index (χ1v) is 12.2. The summed E-state index contributed by atoms with van der Waals surface area (Å²) < 4.78 is 26.9. The van der Waals surface area contributed by atoms with Gasteiger partial charge in [-0.25, -0.2) is 8.78 Å². The number of nitrogens with zero attached hydrogens (tertiary/aromatic N) is 2. The molecule has 1 saturated heterocycles. The maximum absolute atomic E-state index is 13.5. The Balaban J connectivity index is 1.18. The molecule has 176 valence electrons. The van der Waals surface area contributed by atoms with E-state index in [1.54, 1.807) is 0 Å². The van der Waals surface area contributed by atoms with Gasteiger partial charge in [-0.1, -0.05) is 42.5 Å². The Morgan fingerprint density at radius 1 is 0.824 bits per heavy atom. The molecule has 0 saturated carbocycles. The van der Waals surface area contributed by atoms with Gasteiger partial charge < -0.3 is 9.80 Å². The summed E-state index contributed by atoms with van der Waals surface area (Å²) in [6.07, 6.45) is 4.40. The van der Waals surface area contributed by atoms with Crippen molar-refractivity contribution in [2.75, 3.05) is 24.5 Å². The summed E-state index contributed by atoms with van der Waals surface area (Å²) in [6.45, 7) is 2.94. The number of carbonyl (C=O) groups is 1. The molecule has 3 aromatic carbocycles. The zero-order chi connectivity index (χ0) is 23.5. The first-order chi connectivity index (χ1) is 16.6. The lowest BCUT2D eigenvalue weighted by Gasteiger charge is -2.37. The highest BCUT2D eigenvalue weighted by Crippen LogP contribution is 2.34. The van der Waals surface area contributed by atoms with Crippen LogP contribution in [-0.2, 0) is 11.2 Å². The molecular weight excluding hydrogens is 430 g/mol. The van der Waals surface area contributed by atoms with Crippen LogP contribution in [0.1, 0.15) is 48.3 Å². The van der Waals surface area contributed by atoms with Crippen molar-refractivity contribution in [1.82, 2.24) is 4.90 Å². The van der Waals surface area contributed by atoms with Gasteiger partial charge in [0.25, 0.3) is 0 Å². The summed E-state index contributed by atoms with van der Waals surface area (Å²) in [5.74, 6) is -0.161. The molecule has 3 aromatic rings. The standard InChI is InChI=1S/C29H30F2N2O/c30-24-11-7-21(8-12-24)27(22-9-13-25(31)14-10-22)5-3-17-32-18-15-26(16-19-32)33-28-6-2-1-4-23(28)20-29(33)34/h1-2,4,6-14,26-27H,3,5,15-20H2. The number of fused-ring (bicyclic) bond motifs is 1. The van der Waals surface area contributed by atoms with Gasteiger partial charge in [-0.05, 0) is 79.3 Å². The van der Waals surface area contributed by atoms with Crippen LogP contribution in [0.15, 0.2) is 72.8 Å². The fraction of sp³-hybridized carbons (Fsp3) is 0.345. The van der Waals surface area contributed by atoms with Crippen LogP contribution in [0.4, 0.5) is 14.5 Å². The molecule has 34 heavy (non-hydrogen) atoms. The molecule has 0 atom stereocenters. The highest BCUT2D eigenvalue weighted by atomic mass is 19.1. The summed E-state index contributed by atoms with van der Waals surface area (Å²) in [5, 5.41) is 0. The minimum Gasteiger partial charge on any atom is -0.309 e. The van der Waals surface area contributed by atoms with Crippen molar-refractivity contribution in [3.8, 4) is 0 Å². The number of anilines is 1. The quantitative estimate of drug-likeness (QED) is 0.436. The molecule has 5 heteroatoms. The van der Waals surface area contributed by atoms with E-state index in [1.165, 1.54) is 24.3 Å². The summed E-state index contributed by atoms with van der Waals surface area (Å²) in [4.78, 5) is 17.2. The van der Waals surface area contributed by atoms with Crippen LogP contribution in [0, 0.1) is 11.6 Å². The number of para-hydroxylation sites is 1. The first-order valence-electron chi connectivity index (χ1n) is 12.2. The Labute approximate surface area is 200 Å². The minimum absolute atomic E-state index is 0.109. The van der Waals surface area contributed by atoms with E-state index >= 15 is 0 Å². The molecule has 0 spiro atoms. The molecule has 0 aliphatic carbocycles. The van der Waals surface area contributed by atoms with Gasteiger partial charge in [-0.2, -0.15) is 0 Å². The van der Waals surface area contributed by atoms with Crippen molar-refractivity contribution in [3.63, 3.8) is 0 Å². The normalized spacial score (nSPS) is 16.9. The fourth-order valence-electron chi connectivity index (χ4n) is 5.51. The summed E-state index contributed by atoms with van der Waals surface area (Å²) >= 11 is 0. The third-order valence-corrected chi connectivity index (χ3v) is 7.30. The van der Waals surface area contributed by atoms with Crippen LogP contribution in [-0.4, -0.2) is 36.5 Å². The second-order valence-electron chi connectivity index (χ2n) is 9.44. The molecule has 2 aliphatic rings. The minimum atomic E-state index is -0.247. The molecule has 0 aromatic heterocycles. The van der Waals surface area contributed by atoms with Crippen molar-refractivity contribution < 1.29 is 13.6 Å². The Hall–Kier alpha value is -3.05. The predicted octanol–water partition coefficient (Wildman–Crippen LogP) is 5.93. The number of likely N-dealkylation sites (tertiary alicyclic amines) is 1. The van der Waals surface area contributed by atoms with E-state index in [-0.39, 0.29) is 29.5 Å².